The highest BCUT2D eigenvalue weighted by Crippen LogP contribution is 2.39. The Labute approximate surface area is 139 Å². The summed E-state index contributed by atoms with van der Waals surface area (Å²) in [5.74, 6) is 0. The second kappa shape index (κ2) is 5.86. The first-order valence-electron chi connectivity index (χ1n) is 8.00. The van der Waals surface area contributed by atoms with Gasteiger partial charge in [0, 0.05) is 6.42 Å². The zero-order valence-electron chi connectivity index (χ0n) is 15.4. The van der Waals surface area contributed by atoms with E-state index in [0.717, 1.165) is 11.1 Å². The van der Waals surface area contributed by atoms with Crippen molar-refractivity contribution in [1.29, 1.82) is 0 Å². The van der Waals surface area contributed by atoms with Crippen LogP contribution in [0.4, 0.5) is 4.39 Å². The Hall–Kier alpha value is -0.918. The van der Waals surface area contributed by atoms with Gasteiger partial charge in [0.25, 0.3) is 0 Å². The van der Waals surface area contributed by atoms with Crippen LogP contribution in [-0.4, -0.2) is 31.6 Å². The molecule has 1 aromatic rings. The van der Waals surface area contributed by atoms with E-state index < -0.39 is 26.4 Å². The predicted octanol–water partition coefficient (Wildman–Crippen LogP) is 3.64. The van der Waals surface area contributed by atoms with E-state index in [4.69, 9.17) is 13.8 Å². The molecule has 0 radical (unpaired) electrons. The number of allylic oxidation sites excluding steroid dienone is 1. The summed E-state index contributed by atoms with van der Waals surface area (Å²) >= 11 is 0. The predicted molar refractivity (Wildman–Crippen MR) is 93.1 cm³/mol. The van der Waals surface area contributed by atoms with Crippen LogP contribution < -0.4 is 5.38 Å². The monoisotopic (exact) mass is 339 g/mol. The van der Waals surface area contributed by atoms with E-state index in [-0.39, 0.29) is 5.73 Å². The fourth-order valence-corrected chi connectivity index (χ4v) is 3.17. The van der Waals surface area contributed by atoms with E-state index in [1.165, 1.54) is 0 Å². The molecule has 0 aliphatic carbocycles. The Morgan fingerprint density at radius 1 is 1.17 bits per heavy atom. The molecule has 0 aromatic carbocycles. The number of hydrogen-bond donors (Lipinski definition) is 0. The smallest absolute Gasteiger partial charge is 0.398 e. The zero-order valence-corrected chi connectivity index (χ0v) is 16.4. The molecule has 0 saturated carbocycles. The van der Waals surface area contributed by atoms with Crippen LogP contribution in [-0.2, 0) is 15.7 Å². The Morgan fingerprint density at radius 2 is 1.70 bits per heavy atom. The van der Waals surface area contributed by atoms with Crippen molar-refractivity contribution in [3.8, 4) is 0 Å². The Morgan fingerprint density at radius 3 is 2.13 bits per heavy atom. The lowest BCUT2D eigenvalue weighted by atomic mass is 9.84. The van der Waals surface area contributed by atoms with Gasteiger partial charge in [-0.25, -0.2) is 4.39 Å². The molecule has 0 atom stereocenters. The van der Waals surface area contributed by atoms with E-state index in [0.29, 0.717) is 12.0 Å². The summed E-state index contributed by atoms with van der Waals surface area (Å²) in [7, 11) is -2.50. The fraction of sp³-hybridized carbons (Fsp3) is 0.688. The van der Waals surface area contributed by atoms with Crippen molar-refractivity contribution in [2.45, 2.75) is 71.9 Å². The summed E-state index contributed by atoms with van der Waals surface area (Å²) in [6, 6.07) is 1.94. The number of rotatable bonds is 4. The maximum Gasteiger partial charge on any atom is 0.525 e. The molecular formula is C16H27BFNO3Si. The molecule has 1 saturated heterocycles. The van der Waals surface area contributed by atoms with Gasteiger partial charge in [-0.3, -0.25) is 0 Å². The molecule has 7 heteroatoms. The fourth-order valence-electron chi connectivity index (χ4n) is 2.25. The Kier molecular flexibility index (Phi) is 4.70. The quantitative estimate of drug-likeness (QED) is 0.786. The minimum Gasteiger partial charge on any atom is -0.398 e. The van der Waals surface area contributed by atoms with E-state index >= 15 is 0 Å². The molecule has 0 bridgehead atoms. The molecule has 1 aliphatic rings. The maximum absolute atomic E-state index is 14.7. The van der Waals surface area contributed by atoms with Crippen molar-refractivity contribution in [2.24, 2.45) is 0 Å². The first-order chi connectivity index (χ1) is 10.3. The lowest BCUT2D eigenvalue weighted by Gasteiger charge is -2.32. The van der Waals surface area contributed by atoms with Gasteiger partial charge in [-0.15, -0.1) is 0 Å². The molecule has 128 valence electrons. The van der Waals surface area contributed by atoms with Crippen molar-refractivity contribution in [1.82, 2.24) is 5.16 Å². The van der Waals surface area contributed by atoms with Gasteiger partial charge >= 0.3 is 7.12 Å². The van der Waals surface area contributed by atoms with Gasteiger partial charge in [-0.05, 0) is 46.3 Å². The van der Waals surface area contributed by atoms with Crippen LogP contribution in [0.15, 0.2) is 21.9 Å². The molecule has 1 fully saturated rings. The normalized spacial score (nSPS) is 21.5. The van der Waals surface area contributed by atoms with Crippen LogP contribution in [0.2, 0.25) is 19.6 Å². The second-order valence-electron chi connectivity index (χ2n) is 8.33. The van der Waals surface area contributed by atoms with E-state index in [1.54, 1.807) is 6.92 Å². The van der Waals surface area contributed by atoms with Gasteiger partial charge in [0.05, 0.1) is 16.9 Å². The first kappa shape index (κ1) is 18.4. The lowest BCUT2D eigenvalue weighted by molar-refractivity contribution is 0.00578. The molecule has 23 heavy (non-hydrogen) atoms. The van der Waals surface area contributed by atoms with Crippen LogP contribution in [0, 0.1) is 0 Å². The van der Waals surface area contributed by atoms with Crippen LogP contribution in [0.1, 0.15) is 40.3 Å². The molecular weight excluding hydrogens is 312 g/mol. The van der Waals surface area contributed by atoms with Gasteiger partial charge in [0.1, 0.15) is 19.2 Å². The Balaban J connectivity index is 2.14. The number of aromatic nitrogens is 1. The van der Waals surface area contributed by atoms with Gasteiger partial charge < -0.3 is 13.8 Å². The molecule has 0 unspecified atom stereocenters. The minimum atomic E-state index is -1.54. The minimum absolute atomic E-state index is 0.374. The van der Waals surface area contributed by atoms with Gasteiger partial charge in [0.15, 0.2) is 0 Å². The molecule has 2 rings (SSSR count). The van der Waals surface area contributed by atoms with Gasteiger partial charge in [0.2, 0.25) is 0 Å². The number of nitrogens with zero attached hydrogens (tertiary/aromatic N) is 1. The number of halogens is 1. The van der Waals surface area contributed by atoms with Crippen molar-refractivity contribution < 1.29 is 18.2 Å². The van der Waals surface area contributed by atoms with E-state index in [9.17, 15) is 4.39 Å². The maximum atomic E-state index is 14.7. The molecule has 1 aromatic heterocycles. The van der Waals surface area contributed by atoms with Crippen LogP contribution >= 0.6 is 0 Å². The third-order valence-electron chi connectivity index (χ3n) is 4.61. The highest BCUT2D eigenvalue weighted by molar-refractivity contribution is 6.87. The van der Waals surface area contributed by atoms with Crippen molar-refractivity contribution in [3.05, 3.63) is 23.1 Å². The largest absolute Gasteiger partial charge is 0.525 e. The van der Waals surface area contributed by atoms with Crippen LogP contribution in [0.25, 0.3) is 0 Å². The molecule has 4 nitrogen and oxygen atoms in total. The molecule has 1 aliphatic heterocycles. The van der Waals surface area contributed by atoms with E-state index in [1.807, 2.05) is 33.8 Å². The van der Waals surface area contributed by atoms with Crippen LogP contribution in [0.5, 0.6) is 0 Å². The average Bonchev–Trinajstić information content (AvgIpc) is 2.91. The SMILES string of the molecule is CC(Cc1cc([Si](C)(C)C)on1)=C(F)B1OC(C)(C)C(C)(C)O1. The summed E-state index contributed by atoms with van der Waals surface area (Å²) in [6.45, 7) is 15.9. The van der Waals surface area contributed by atoms with Crippen molar-refractivity contribution in [2.75, 3.05) is 0 Å². The summed E-state index contributed by atoms with van der Waals surface area (Å²) in [6.07, 6.45) is 0.393. The standard InChI is InChI=1S/C16H27BFNO3Si/c1-11(9-12-10-13(20-19-12)23(6,7)8)14(18)17-21-15(2,3)16(4,5)22-17/h10H,9H2,1-8H3. The first-order valence-corrected chi connectivity index (χ1v) is 11.5. The summed E-state index contributed by atoms with van der Waals surface area (Å²) in [4.78, 5) is 0. The van der Waals surface area contributed by atoms with Crippen molar-refractivity contribution >= 4 is 20.6 Å². The molecule has 0 N–H and O–H groups in total. The third kappa shape index (κ3) is 3.78. The topological polar surface area (TPSA) is 44.5 Å². The van der Waals surface area contributed by atoms with Crippen molar-refractivity contribution in [3.63, 3.8) is 0 Å². The van der Waals surface area contributed by atoms with E-state index in [2.05, 4.69) is 24.8 Å². The zero-order chi connectivity index (χ0) is 17.6. The third-order valence-corrected chi connectivity index (χ3v) is 6.33. The summed E-state index contributed by atoms with van der Waals surface area (Å²) in [5, 5.41) is 4.99. The van der Waals surface area contributed by atoms with Gasteiger partial charge in [-0.1, -0.05) is 24.8 Å². The number of hydrogen-bond acceptors (Lipinski definition) is 4. The average molecular weight is 339 g/mol. The highest BCUT2D eigenvalue weighted by atomic mass is 28.3. The molecule has 0 amide bonds. The molecule has 2 heterocycles. The molecule has 0 spiro atoms. The lowest BCUT2D eigenvalue weighted by Crippen LogP contribution is -2.41. The summed E-state index contributed by atoms with van der Waals surface area (Å²) < 4.78 is 31.6. The summed E-state index contributed by atoms with van der Waals surface area (Å²) in [5.41, 5.74) is -0.172. The van der Waals surface area contributed by atoms with Gasteiger partial charge in [-0.2, -0.15) is 0 Å². The van der Waals surface area contributed by atoms with Crippen LogP contribution in [0.3, 0.4) is 0 Å². The Bertz CT molecular complexity index is 603. The second-order valence-corrected chi connectivity index (χ2v) is 13.3. The highest BCUT2D eigenvalue weighted by Gasteiger charge is 2.53.